The van der Waals surface area contributed by atoms with E-state index in [1.807, 2.05) is 0 Å². The first-order valence-corrected chi connectivity index (χ1v) is 15.4. The fraction of sp³-hybridized carbons (Fsp3) is 0.571. The van der Waals surface area contributed by atoms with Gasteiger partial charge in [-0.15, -0.1) is 6.42 Å². The molecule has 2 rings (SSSR count). The van der Waals surface area contributed by atoms with E-state index < -0.39 is 52.3 Å². The van der Waals surface area contributed by atoms with Crippen molar-refractivity contribution in [2.24, 2.45) is 11.8 Å². The summed E-state index contributed by atoms with van der Waals surface area (Å²) in [6, 6.07) is 4.63. The number of amides is 2. The molecule has 0 aromatic heterocycles. The summed E-state index contributed by atoms with van der Waals surface area (Å²) in [4.78, 5) is 48.9. The molecule has 1 aromatic carbocycles. The first kappa shape index (κ1) is 35.3. The van der Waals surface area contributed by atoms with E-state index >= 15 is 0 Å². The number of carbonyl (C=O) groups excluding carboxylic acids is 4. The Labute approximate surface area is 251 Å². The van der Waals surface area contributed by atoms with Crippen LogP contribution in [0.2, 0.25) is 0 Å². The molecule has 238 valence electrons. The van der Waals surface area contributed by atoms with Crippen LogP contribution < -0.4 is 15.4 Å². The minimum Gasteiger partial charge on any atom is -0.467 e. The number of hydrogen-bond donors (Lipinski definition) is 2. The van der Waals surface area contributed by atoms with Gasteiger partial charge in [0.15, 0.2) is 6.10 Å². The quantitative estimate of drug-likeness (QED) is 0.131. The Kier molecular flexibility index (Phi) is 13.7. The van der Waals surface area contributed by atoms with Gasteiger partial charge in [-0.3, -0.25) is 9.59 Å². The SMILES string of the molecule is C#CCOCCC(=O)Nc1cc(COC(=O)NCCS(C)(=O)=O)ccc1O[C@@H]1O[C@H](C(=O)OC)[C@@H](OC(C)=O)[C@H](C)[C@H]1C. The topological polar surface area (TPSA) is 182 Å². The maximum atomic E-state index is 12.7. The number of hydrogen-bond acceptors (Lipinski definition) is 12. The molecule has 0 unspecified atom stereocenters. The molecule has 1 heterocycles. The Hall–Kier alpha value is -3.87. The molecule has 2 amide bonds. The van der Waals surface area contributed by atoms with Crippen LogP contribution >= 0.6 is 0 Å². The number of benzene rings is 1. The Morgan fingerprint density at radius 3 is 2.49 bits per heavy atom. The van der Waals surface area contributed by atoms with Crippen LogP contribution in [0.15, 0.2) is 18.2 Å². The lowest BCUT2D eigenvalue weighted by Crippen LogP contribution is -2.55. The molecular formula is C28H38N2O12S. The van der Waals surface area contributed by atoms with Crippen LogP contribution in [0.25, 0.3) is 0 Å². The second-order valence-corrected chi connectivity index (χ2v) is 12.1. The van der Waals surface area contributed by atoms with Crippen molar-refractivity contribution in [1.82, 2.24) is 5.32 Å². The molecule has 0 spiro atoms. The lowest BCUT2D eigenvalue weighted by Gasteiger charge is -2.42. The van der Waals surface area contributed by atoms with Crippen LogP contribution in [-0.2, 0) is 54.5 Å². The predicted octanol–water partition coefficient (Wildman–Crippen LogP) is 1.42. The number of alkyl carbamates (subject to hydrolysis) is 1. The standard InChI is InChI=1S/C28H38N2O12S/c1-7-12-38-13-10-23(32)30-21-15-20(16-39-28(34)29-11-14-43(6,35)36)8-9-22(21)41-27-18(3)17(2)24(40-19(4)31)25(42-27)26(33)37-5/h1,8-9,15,17-18,24-25,27H,10-14,16H2,2-6H3,(H,29,34)(H,30,32)/t17-,18-,24+,25+,27-/m1/s1. The third-order valence-electron chi connectivity index (χ3n) is 6.42. The van der Waals surface area contributed by atoms with Crippen molar-refractivity contribution in [2.75, 3.05) is 44.2 Å². The van der Waals surface area contributed by atoms with Crippen molar-refractivity contribution in [2.45, 2.75) is 52.3 Å². The minimum absolute atomic E-state index is 0.0214. The zero-order valence-corrected chi connectivity index (χ0v) is 25.6. The van der Waals surface area contributed by atoms with Gasteiger partial charge in [0.1, 0.15) is 34.9 Å². The second kappa shape index (κ2) is 16.7. The van der Waals surface area contributed by atoms with Crippen molar-refractivity contribution in [3.63, 3.8) is 0 Å². The molecule has 1 aliphatic rings. The predicted molar refractivity (Wildman–Crippen MR) is 152 cm³/mol. The van der Waals surface area contributed by atoms with Gasteiger partial charge >= 0.3 is 18.0 Å². The largest absolute Gasteiger partial charge is 0.467 e. The van der Waals surface area contributed by atoms with Gasteiger partial charge in [0.25, 0.3) is 0 Å². The molecule has 0 saturated carbocycles. The summed E-state index contributed by atoms with van der Waals surface area (Å²) >= 11 is 0. The Morgan fingerprint density at radius 2 is 1.86 bits per heavy atom. The number of anilines is 1. The summed E-state index contributed by atoms with van der Waals surface area (Å²) in [6.45, 7) is 4.61. The van der Waals surface area contributed by atoms with Gasteiger partial charge in [0.05, 0.1) is 31.6 Å². The van der Waals surface area contributed by atoms with E-state index in [0.717, 1.165) is 6.26 Å². The smallest absolute Gasteiger partial charge is 0.407 e. The van der Waals surface area contributed by atoms with Crippen LogP contribution in [0.1, 0.15) is 32.8 Å². The summed E-state index contributed by atoms with van der Waals surface area (Å²) in [5, 5.41) is 5.08. The van der Waals surface area contributed by atoms with Crippen molar-refractivity contribution in [3.05, 3.63) is 23.8 Å². The molecule has 1 saturated heterocycles. The number of methoxy groups -OCH3 is 1. The molecule has 14 nitrogen and oxygen atoms in total. The van der Waals surface area contributed by atoms with Gasteiger partial charge in [0.2, 0.25) is 12.2 Å². The van der Waals surface area contributed by atoms with E-state index in [0.29, 0.717) is 5.56 Å². The zero-order chi connectivity index (χ0) is 32.2. The van der Waals surface area contributed by atoms with Gasteiger partial charge in [0, 0.05) is 31.6 Å². The van der Waals surface area contributed by atoms with Gasteiger partial charge in [-0.05, 0) is 17.7 Å². The van der Waals surface area contributed by atoms with E-state index in [1.54, 1.807) is 19.9 Å². The summed E-state index contributed by atoms with van der Waals surface area (Å²) in [5.74, 6) is -0.279. The Morgan fingerprint density at radius 1 is 1.14 bits per heavy atom. The van der Waals surface area contributed by atoms with E-state index in [-0.39, 0.29) is 61.8 Å². The monoisotopic (exact) mass is 626 g/mol. The molecular weight excluding hydrogens is 588 g/mol. The van der Waals surface area contributed by atoms with Gasteiger partial charge in [-0.1, -0.05) is 25.8 Å². The highest BCUT2D eigenvalue weighted by Gasteiger charge is 2.48. The maximum absolute atomic E-state index is 12.7. The van der Waals surface area contributed by atoms with Crippen molar-refractivity contribution in [1.29, 1.82) is 0 Å². The molecule has 0 aliphatic carbocycles. The van der Waals surface area contributed by atoms with Crippen LogP contribution in [0.5, 0.6) is 5.75 Å². The van der Waals surface area contributed by atoms with E-state index in [2.05, 4.69) is 16.6 Å². The molecule has 15 heteroatoms. The van der Waals surface area contributed by atoms with Crippen LogP contribution in [-0.4, -0.2) is 89.7 Å². The summed E-state index contributed by atoms with van der Waals surface area (Å²) in [6.07, 6.45) is 2.18. The van der Waals surface area contributed by atoms with Crippen molar-refractivity contribution in [3.8, 4) is 18.1 Å². The van der Waals surface area contributed by atoms with Crippen LogP contribution in [0.4, 0.5) is 10.5 Å². The molecule has 1 aliphatic heterocycles. The van der Waals surface area contributed by atoms with Crippen LogP contribution in [0.3, 0.4) is 0 Å². The maximum Gasteiger partial charge on any atom is 0.407 e. The average molecular weight is 627 g/mol. The highest BCUT2D eigenvalue weighted by atomic mass is 32.2. The average Bonchev–Trinajstić information content (AvgIpc) is 2.93. The summed E-state index contributed by atoms with van der Waals surface area (Å²) < 4.78 is 55.1. The summed E-state index contributed by atoms with van der Waals surface area (Å²) in [7, 11) is -2.07. The first-order chi connectivity index (χ1) is 20.2. The third kappa shape index (κ3) is 11.7. The van der Waals surface area contributed by atoms with E-state index in [9.17, 15) is 27.6 Å². The normalized spacial score (nSPS) is 21.5. The molecule has 0 radical (unpaired) electrons. The third-order valence-corrected chi connectivity index (χ3v) is 7.37. The molecule has 1 aromatic rings. The first-order valence-electron chi connectivity index (χ1n) is 13.3. The molecule has 43 heavy (non-hydrogen) atoms. The molecule has 0 bridgehead atoms. The van der Waals surface area contributed by atoms with E-state index in [4.69, 9.17) is 34.8 Å². The Bertz CT molecular complexity index is 1290. The number of carbonyl (C=O) groups is 4. The highest BCUT2D eigenvalue weighted by Crippen LogP contribution is 2.37. The number of esters is 2. The second-order valence-electron chi connectivity index (χ2n) is 9.88. The lowest BCUT2D eigenvalue weighted by atomic mass is 9.84. The van der Waals surface area contributed by atoms with Crippen molar-refractivity contribution >= 4 is 39.5 Å². The fourth-order valence-electron chi connectivity index (χ4n) is 4.01. The number of sulfone groups is 1. The summed E-state index contributed by atoms with van der Waals surface area (Å²) in [5.41, 5.74) is 0.679. The minimum atomic E-state index is -3.26. The fourth-order valence-corrected chi connectivity index (χ4v) is 4.48. The Balaban J connectivity index is 2.25. The van der Waals surface area contributed by atoms with Gasteiger partial charge < -0.3 is 39.1 Å². The molecule has 1 fully saturated rings. The van der Waals surface area contributed by atoms with Gasteiger partial charge in [-0.25, -0.2) is 18.0 Å². The zero-order valence-electron chi connectivity index (χ0n) is 24.7. The molecule has 5 atom stereocenters. The number of terminal acetylenes is 1. The number of rotatable bonds is 14. The molecule has 2 N–H and O–H groups in total. The number of ether oxygens (including phenoxy) is 6. The lowest BCUT2D eigenvalue weighted by molar-refractivity contribution is -0.243. The van der Waals surface area contributed by atoms with Gasteiger partial charge in [-0.2, -0.15) is 0 Å². The van der Waals surface area contributed by atoms with Crippen LogP contribution in [0, 0.1) is 24.2 Å². The highest BCUT2D eigenvalue weighted by molar-refractivity contribution is 7.90. The number of nitrogens with one attached hydrogen (secondary N) is 2. The van der Waals surface area contributed by atoms with Crippen molar-refractivity contribution < 1.29 is 56.0 Å². The van der Waals surface area contributed by atoms with E-state index in [1.165, 1.54) is 26.2 Å².